The molecule has 0 radical (unpaired) electrons. The summed E-state index contributed by atoms with van der Waals surface area (Å²) in [5, 5.41) is 5.07. The summed E-state index contributed by atoms with van der Waals surface area (Å²) in [6.07, 6.45) is 8.59. The van der Waals surface area contributed by atoms with Crippen molar-refractivity contribution in [2.45, 2.75) is 38.1 Å². The van der Waals surface area contributed by atoms with Crippen LogP contribution in [0.25, 0.3) is 58.7 Å². The van der Waals surface area contributed by atoms with Crippen molar-refractivity contribution in [3.8, 4) is 11.1 Å². The molecule has 1 aliphatic heterocycles. The standard InChI is InChI=1S/C48H37N3S/c1-31-28-42(33-23-21-32(22-24-33)35-12-11-27-48(2,30-35)36-13-4-3-5-14-36)50-47(49-31)51-43-19-8-6-15-38(43)41-29-34(25-26-44(41)51)37-17-10-18-40-39-16-7-9-20-45(39)52-46(37)40/h3-27,29,31H,28,30H2,1-2H3. The van der Waals surface area contributed by atoms with Gasteiger partial charge in [0.2, 0.25) is 5.96 Å². The largest absolute Gasteiger partial charge is 0.278 e. The fraction of sp³-hybridized carbons (Fsp3) is 0.125. The van der Waals surface area contributed by atoms with Crippen molar-refractivity contribution >= 4 is 70.6 Å². The molecule has 0 spiro atoms. The monoisotopic (exact) mass is 687 g/mol. The highest BCUT2D eigenvalue weighted by Gasteiger charge is 2.28. The molecule has 8 aromatic rings. The van der Waals surface area contributed by atoms with E-state index in [0.29, 0.717) is 0 Å². The molecule has 2 aliphatic rings. The van der Waals surface area contributed by atoms with E-state index in [2.05, 4.69) is 176 Å². The van der Waals surface area contributed by atoms with Gasteiger partial charge >= 0.3 is 0 Å². The second-order valence-electron chi connectivity index (χ2n) is 14.5. The number of aliphatic imine (C=N–C) groups is 2. The van der Waals surface area contributed by atoms with Gasteiger partial charge in [0.25, 0.3) is 0 Å². The van der Waals surface area contributed by atoms with E-state index in [-0.39, 0.29) is 11.5 Å². The number of rotatable bonds is 4. The first-order valence-electron chi connectivity index (χ1n) is 18.2. The summed E-state index contributed by atoms with van der Waals surface area (Å²) in [4.78, 5) is 10.5. The average Bonchev–Trinajstić information content (AvgIpc) is 3.74. The molecule has 10 rings (SSSR count). The minimum atomic E-state index is -0.0205. The molecule has 0 amide bonds. The van der Waals surface area contributed by atoms with Gasteiger partial charge in [-0.2, -0.15) is 0 Å². The molecule has 2 atom stereocenters. The molecule has 2 unspecified atom stereocenters. The molecule has 52 heavy (non-hydrogen) atoms. The Morgan fingerprint density at radius 2 is 1.38 bits per heavy atom. The van der Waals surface area contributed by atoms with Crippen LogP contribution in [0.15, 0.2) is 168 Å². The van der Waals surface area contributed by atoms with Crippen molar-refractivity contribution < 1.29 is 0 Å². The fourth-order valence-electron chi connectivity index (χ4n) is 8.32. The van der Waals surface area contributed by atoms with Crippen LogP contribution in [-0.2, 0) is 5.41 Å². The zero-order valence-corrected chi connectivity index (χ0v) is 30.1. The number of hydrogen-bond donors (Lipinski definition) is 0. The van der Waals surface area contributed by atoms with Gasteiger partial charge in [-0.15, -0.1) is 11.3 Å². The lowest BCUT2D eigenvalue weighted by atomic mass is 9.73. The number of hydrogen-bond acceptors (Lipinski definition) is 3. The van der Waals surface area contributed by atoms with Crippen LogP contribution in [0.4, 0.5) is 0 Å². The van der Waals surface area contributed by atoms with Crippen LogP contribution < -0.4 is 0 Å². The number of benzene rings is 6. The Kier molecular flexibility index (Phi) is 7.23. The minimum Gasteiger partial charge on any atom is -0.278 e. The maximum atomic E-state index is 5.30. The molecular weight excluding hydrogens is 651 g/mol. The Bertz CT molecular complexity index is 2810. The van der Waals surface area contributed by atoms with Crippen LogP contribution in [0.3, 0.4) is 0 Å². The molecule has 6 aromatic carbocycles. The van der Waals surface area contributed by atoms with Crippen LogP contribution in [0, 0.1) is 0 Å². The van der Waals surface area contributed by atoms with Gasteiger partial charge in [0, 0.05) is 42.8 Å². The first kappa shape index (κ1) is 30.9. The Hall–Kier alpha value is -5.84. The van der Waals surface area contributed by atoms with Gasteiger partial charge in [-0.05, 0) is 71.0 Å². The predicted molar refractivity (Wildman–Crippen MR) is 223 cm³/mol. The third-order valence-electron chi connectivity index (χ3n) is 11.0. The Morgan fingerprint density at radius 3 is 2.25 bits per heavy atom. The molecule has 0 fully saturated rings. The number of thiophene rings is 1. The lowest BCUT2D eigenvalue weighted by Gasteiger charge is -2.30. The van der Waals surface area contributed by atoms with Crippen LogP contribution in [0.1, 0.15) is 43.4 Å². The van der Waals surface area contributed by atoms with Gasteiger partial charge in [0.1, 0.15) is 0 Å². The molecule has 3 heterocycles. The molecule has 3 nitrogen and oxygen atoms in total. The van der Waals surface area contributed by atoms with Crippen molar-refractivity contribution in [1.29, 1.82) is 0 Å². The van der Waals surface area contributed by atoms with Crippen LogP contribution in [0.2, 0.25) is 0 Å². The third kappa shape index (κ3) is 5.09. The second kappa shape index (κ2) is 12.1. The van der Waals surface area contributed by atoms with Crippen molar-refractivity contribution in [1.82, 2.24) is 4.57 Å². The fourth-order valence-corrected chi connectivity index (χ4v) is 9.56. The van der Waals surface area contributed by atoms with Gasteiger partial charge in [0.05, 0.1) is 22.8 Å². The lowest BCUT2D eigenvalue weighted by Crippen LogP contribution is -2.23. The molecule has 1 aliphatic carbocycles. The van der Waals surface area contributed by atoms with Gasteiger partial charge in [-0.25, -0.2) is 9.98 Å². The van der Waals surface area contributed by atoms with Crippen LogP contribution in [0.5, 0.6) is 0 Å². The van der Waals surface area contributed by atoms with Crippen molar-refractivity contribution in [3.05, 3.63) is 174 Å². The minimum absolute atomic E-state index is 0.0205. The molecule has 0 saturated heterocycles. The molecule has 2 aromatic heterocycles. The van der Waals surface area contributed by atoms with E-state index in [1.165, 1.54) is 58.8 Å². The summed E-state index contributed by atoms with van der Waals surface area (Å²) in [6.45, 7) is 4.53. The number of nitrogens with zero attached hydrogens (tertiary/aromatic N) is 3. The number of fused-ring (bicyclic) bond motifs is 6. The number of para-hydroxylation sites is 1. The smallest absolute Gasteiger partial charge is 0.230 e. The molecule has 0 bridgehead atoms. The SMILES string of the molecule is CC1CC(c2ccc(C3=CC=CC(C)(c4ccccc4)C3)cc2)=NC(n2c3ccccc3c3cc(-c4cccc5c4sc4ccccc45)ccc32)=N1. The van der Waals surface area contributed by atoms with Crippen molar-refractivity contribution in [2.24, 2.45) is 9.98 Å². The molecule has 0 N–H and O–H groups in total. The summed E-state index contributed by atoms with van der Waals surface area (Å²) in [5.41, 5.74) is 10.9. The highest BCUT2D eigenvalue weighted by atomic mass is 32.1. The zero-order chi connectivity index (χ0) is 34.8. The summed E-state index contributed by atoms with van der Waals surface area (Å²) in [5.74, 6) is 0.752. The van der Waals surface area contributed by atoms with E-state index in [9.17, 15) is 0 Å². The number of allylic oxidation sites excluding steroid dienone is 4. The van der Waals surface area contributed by atoms with Gasteiger partial charge in [-0.1, -0.05) is 140 Å². The normalized spacial score (nSPS) is 19.0. The third-order valence-corrected chi connectivity index (χ3v) is 12.2. The van der Waals surface area contributed by atoms with Crippen molar-refractivity contribution in [2.75, 3.05) is 0 Å². The molecule has 4 heteroatoms. The van der Waals surface area contributed by atoms with Gasteiger partial charge in [0.15, 0.2) is 0 Å². The predicted octanol–water partition coefficient (Wildman–Crippen LogP) is 12.6. The first-order valence-corrected chi connectivity index (χ1v) is 19.0. The quantitative estimate of drug-likeness (QED) is 0.176. The maximum absolute atomic E-state index is 5.30. The lowest BCUT2D eigenvalue weighted by molar-refractivity contribution is 0.609. The van der Waals surface area contributed by atoms with Crippen LogP contribution >= 0.6 is 11.3 Å². The van der Waals surface area contributed by atoms with E-state index >= 15 is 0 Å². The highest BCUT2D eigenvalue weighted by molar-refractivity contribution is 7.26. The summed E-state index contributed by atoms with van der Waals surface area (Å²) < 4.78 is 4.92. The van der Waals surface area contributed by atoms with Gasteiger partial charge < -0.3 is 0 Å². The van der Waals surface area contributed by atoms with Crippen LogP contribution in [-0.4, -0.2) is 22.3 Å². The Labute approximate surface area is 307 Å². The second-order valence-corrected chi connectivity index (χ2v) is 15.5. The molecule has 0 saturated carbocycles. The highest BCUT2D eigenvalue weighted by Crippen LogP contribution is 2.42. The number of aromatic nitrogens is 1. The average molecular weight is 688 g/mol. The van der Waals surface area contributed by atoms with E-state index < -0.39 is 0 Å². The van der Waals surface area contributed by atoms with E-state index in [1.54, 1.807) is 0 Å². The maximum Gasteiger partial charge on any atom is 0.230 e. The van der Waals surface area contributed by atoms with Crippen molar-refractivity contribution in [3.63, 3.8) is 0 Å². The zero-order valence-electron chi connectivity index (χ0n) is 29.3. The van der Waals surface area contributed by atoms with E-state index in [1.807, 2.05) is 11.3 Å². The summed E-state index contributed by atoms with van der Waals surface area (Å²) in [7, 11) is 0. The topological polar surface area (TPSA) is 29.6 Å². The first-order chi connectivity index (χ1) is 25.5. The Morgan fingerprint density at radius 1 is 0.673 bits per heavy atom. The van der Waals surface area contributed by atoms with Gasteiger partial charge in [-0.3, -0.25) is 4.57 Å². The summed E-state index contributed by atoms with van der Waals surface area (Å²) in [6, 6.07) is 51.0. The van der Waals surface area contributed by atoms with E-state index in [4.69, 9.17) is 9.98 Å². The summed E-state index contributed by atoms with van der Waals surface area (Å²) >= 11 is 1.88. The van der Waals surface area contributed by atoms with E-state index in [0.717, 1.165) is 41.1 Å². The molecule has 250 valence electrons. The Balaban J connectivity index is 1.02. The molecular formula is C48H37N3S.